The van der Waals surface area contributed by atoms with Crippen molar-refractivity contribution in [2.24, 2.45) is 11.8 Å². The number of aryl methyl sites for hydroxylation is 1. The van der Waals surface area contributed by atoms with Crippen molar-refractivity contribution in [2.75, 3.05) is 18.0 Å². The summed E-state index contributed by atoms with van der Waals surface area (Å²) in [6.07, 6.45) is 3.63. The molecule has 2 unspecified atom stereocenters. The van der Waals surface area contributed by atoms with Gasteiger partial charge in [0.05, 0.1) is 5.69 Å². The zero-order chi connectivity index (χ0) is 15.4. The van der Waals surface area contributed by atoms with Gasteiger partial charge in [0.2, 0.25) is 0 Å². The fourth-order valence-corrected chi connectivity index (χ4v) is 4.32. The summed E-state index contributed by atoms with van der Waals surface area (Å²) in [4.78, 5) is 8.88. The van der Waals surface area contributed by atoms with E-state index < -0.39 is 0 Å². The SMILES string of the molecule is CCc1nc(N2CCC(C)CC2C)sc1CNCC(C)C. The third kappa shape index (κ3) is 4.43. The summed E-state index contributed by atoms with van der Waals surface area (Å²) in [5, 5.41) is 4.81. The quantitative estimate of drug-likeness (QED) is 0.858. The molecule has 0 aliphatic carbocycles. The van der Waals surface area contributed by atoms with E-state index in [1.165, 1.54) is 28.5 Å². The Labute approximate surface area is 134 Å². The predicted molar refractivity (Wildman–Crippen MR) is 93.2 cm³/mol. The summed E-state index contributed by atoms with van der Waals surface area (Å²) < 4.78 is 0. The second-order valence-electron chi connectivity index (χ2n) is 6.92. The van der Waals surface area contributed by atoms with E-state index in [1.54, 1.807) is 0 Å². The van der Waals surface area contributed by atoms with Gasteiger partial charge in [-0.3, -0.25) is 0 Å². The lowest BCUT2D eigenvalue weighted by Crippen LogP contribution is -2.40. The van der Waals surface area contributed by atoms with E-state index in [0.29, 0.717) is 12.0 Å². The highest BCUT2D eigenvalue weighted by Gasteiger charge is 2.26. The number of hydrogen-bond donors (Lipinski definition) is 1. The molecule has 1 aromatic rings. The first-order valence-corrected chi connectivity index (χ1v) is 9.28. The third-order valence-electron chi connectivity index (χ3n) is 4.32. The Kier molecular flexibility index (Phi) is 6.06. The zero-order valence-electron chi connectivity index (χ0n) is 14.3. The summed E-state index contributed by atoms with van der Waals surface area (Å²) in [5.41, 5.74) is 1.29. The number of nitrogens with one attached hydrogen (secondary N) is 1. The average Bonchev–Trinajstić information content (AvgIpc) is 2.81. The largest absolute Gasteiger partial charge is 0.345 e. The molecule has 0 saturated carbocycles. The van der Waals surface area contributed by atoms with Crippen molar-refractivity contribution in [1.82, 2.24) is 10.3 Å². The van der Waals surface area contributed by atoms with Crippen LogP contribution in [0.5, 0.6) is 0 Å². The lowest BCUT2D eigenvalue weighted by molar-refractivity contribution is 0.377. The highest BCUT2D eigenvalue weighted by atomic mass is 32.1. The van der Waals surface area contributed by atoms with Crippen molar-refractivity contribution in [3.63, 3.8) is 0 Å². The van der Waals surface area contributed by atoms with Crippen LogP contribution in [0.4, 0.5) is 5.13 Å². The second-order valence-corrected chi connectivity index (χ2v) is 7.98. The minimum Gasteiger partial charge on any atom is -0.345 e. The Morgan fingerprint density at radius 3 is 2.76 bits per heavy atom. The highest BCUT2D eigenvalue weighted by Crippen LogP contribution is 2.32. The molecule has 1 aromatic heterocycles. The van der Waals surface area contributed by atoms with Crippen LogP contribution in [0.1, 0.15) is 58.0 Å². The van der Waals surface area contributed by atoms with Crippen molar-refractivity contribution in [3.8, 4) is 0 Å². The summed E-state index contributed by atoms with van der Waals surface area (Å²) in [7, 11) is 0. The van der Waals surface area contributed by atoms with E-state index >= 15 is 0 Å². The second kappa shape index (κ2) is 7.59. The van der Waals surface area contributed by atoms with Crippen LogP contribution in [0.2, 0.25) is 0 Å². The smallest absolute Gasteiger partial charge is 0.186 e. The Hall–Kier alpha value is -0.610. The lowest BCUT2D eigenvalue weighted by Gasteiger charge is -2.36. The van der Waals surface area contributed by atoms with E-state index in [0.717, 1.165) is 32.0 Å². The minimum atomic E-state index is 0.626. The van der Waals surface area contributed by atoms with Crippen molar-refractivity contribution in [3.05, 3.63) is 10.6 Å². The molecule has 21 heavy (non-hydrogen) atoms. The average molecular weight is 310 g/mol. The summed E-state index contributed by atoms with van der Waals surface area (Å²) in [5.74, 6) is 1.56. The van der Waals surface area contributed by atoms with Gasteiger partial charge in [0.1, 0.15) is 0 Å². The topological polar surface area (TPSA) is 28.2 Å². The van der Waals surface area contributed by atoms with Crippen LogP contribution < -0.4 is 10.2 Å². The maximum absolute atomic E-state index is 4.93. The molecule has 2 atom stereocenters. The van der Waals surface area contributed by atoms with Gasteiger partial charge in [-0.1, -0.05) is 27.7 Å². The molecule has 0 bridgehead atoms. The Morgan fingerprint density at radius 2 is 2.14 bits per heavy atom. The molecule has 0 radical (unpaired) electrons. The van der Waals surface area contributed by atoms with Crippen LogP contribution in [0.15, 0.2) is 0 Å². The van der Waals surface area contributed by atoms with Gasteiger partial charge in [-0.25, -0.2) is 4.98 Å². The van der Waals surface area contributed by atoms with Crippen LogP contribution in [0.25, 0.3) is 0 Å². The molecule has 1 fully saturated rings. The van der Waals surface area contributed by atoms with E-state index in [1.807, 2.05) is 11.3 Å². The summed E-state index contributed by atoms with van der Waals surface area (Å²) in [6, 6.07) is 0.626. The first-order valence-electron chi connectivity index (χ1n) is 8.47. The number of aromatic nitrogens is 1. The van der Waals surface area contributed by atoms with Crippen molar-refractivity contribution in [1.29, 1.82) is 0 Å². The molecule has 4 heteroatoms. The molecule has 1 aliphatic heterocycles. The van der Waals surface area contributed by atoms with Crippen LogP contribution >= 0.6 is 11.3 Å². The number of piperidine rings is 1. The fourth-order valence-electron chi connectivity index (χ4n) is 3.07. The standard InChI is InChI=1S/C17H31N3S/c1-6-15-16(11-18-10-12(2)3)21-17(19-15)20-8-7-13(4)9-14(20)5/h12-14,18H,6-11H2,1-5H3. The third-order valence-corrected chi connectivity index (χ3v) is 5.46. The van der Waals surface area contributed by atoms with Gasteiger partial charge >= 0.3 is 0 Å². The van der Waals surface area contributed by atoms with Crippen molar-refractivity contribution >= 4 is 16.5 Å². The van der Waals surface area contributed by atoms with Gasteiger partial charge in [-0.05, 0) is 44.6 Å². The van der Waals surface area contributed by atoms with Crippen LogP contribution in [-0.2, 0) is 13.0 Å². The number of thiazole rings is 1. The minimum absolute atomic E-state index is 0.626. The van der Waals surface area contributed by atoms with Gasteiger partial charge < -0.3 is 10.2 Å². The van der Waals surface area contributed by atoms with E-state index in [9.17, 15) is 0 Å². The summed E-state index contributed by atoms with van der Waals surface area (Å²) in [6.45, 7) is 14.6. The van der Waals surface area contributed by atoms with Gasteiger partial charge in [0, 0.05) is 24.0 Å². The Morgan fingerprint density at radius 1 is 1.38 bits per heavy atom. The van der Waals surface area contributed by atoms with Gasteiger partial charge in [0.15, 0.2) is 5.13 Å². The van der Waals surface area contributed by atoms with Crippen LogP contribution in [0, 0.1) is 11.8 Å². The number of anilines is 1. The van der Waals surface area contributed by atoms with Crippen molar-refractivity contribution < 1.29 is 0 Å². The molecule has 120 valence electrons. The zero-order valence-corrected chi connectivity index (χ0v) is 15.1. The molecular weight excluding hydrogens is 278 g/mol. The Bertz CT molecular complexity index is 441. The normalized spacial score (nSPS) is 23.0. The maximum atomic E-state index is 4.93. The van der Waals surface area contributed by atoms with E-state index in [2.05, 4.69) is 44.8 Å². The number of nitrogens with zero attached hydrogens (tertiary/aromatic N) is 2. The maximum Gasteiger partial charge on any atom is 0.186 e. The molecule has 0 spiro atoms. The lowest BCUT2D eigenvalue weighted by atomic mass is 9.94. The van der Waals surface area contributed by atoms with Crippen molar-refractivity contribution in [2.45, 2.75) is 66.5 Å². The molecule has 2 heterocycles. The monoisotopic (exact) mass is 309 g/mol. The molecule has 1 aliphatic rings. The molecule has 1 N–H and O–H groups in total. The van der Waals surface area contributed by atoms with Crippen LogP contribution in [0.3, 0.4) is 0 Å². The van der Waals surface area contributed by atoms with E-state index in [4.69, 9.17) is 4.98 Å². The molecule has 0 amide bonds. The first-order chi connectivity index (χ1) is 10.0. The molecular formula is C17H31N3S. The molecule has 3 nitrogen and oxygen atoms in total. The van der Waals surface area contributed by atoms with Gasteiger partial charge in [0.25, 0.3) is 0 Å². The van der Waals surface area contributed by atoms with Gasteiger partial charge in [-0.15, -0.1) is 11.3 Å². The number of hydrogen-bond acceptors (Lipinski definition) is 4. The molecule has 0 aromatic carbocycles. The Balaban J connectivity index is 2.05. The molecule has 2 rings (SSSR count). The fraction of sp³-hybridized carbons (Fsp3) is 0.824. The molecule has 1 saturated heterocycles. The first kappa shape index (κ1) is 16.8. The highest BCUT2D eigenvalue weighted by molar-refractivity contribution is 7.15. The van der Waals surface area contributed by atoms with E-state index in [-0.39, 0.29) is 0 Å². The van der Waals surface area contributed by atoms with Crippen LogP contribution in [-0.4, -0.2) is 24.1 Å². The predicted octanol–water partition coefficient (Wildman–Crippen LogP) is 4.08. The van der Waals surface area contributed by atoms with Gasteiger partial charge in [-0.2, -0.15) is 0 Å². The summed E-state index contributed by atoms with van der Waals surface area (Å²) >= 11 is 1.90. The number of rotatable bonds is 6.